The summed E-state index contributed by atoms with van der Waals surface area (Å²) < 4.78 is 83.4. The molecule has 1 aromatic heterocycles. The zero-order valence-electron chi connectivity index (χ0n) is 33.2. The molecule has 3 fully saturated rings. The summed E-state index contributed by atoms with van der Waals surface area (Å²) in [6, 6.07) is 2.72. The molecule has 2 aromatic rings. The number of aryl methyl sites for hydroxylation is 2. The van der Waals surface area contributed by atoms with Gasteiger partial charge in [0.1, 0.15) is 28.7 Å². The van der Waals surface area contributed by atoms with Crippen molar-refractivity contribution in [1.82, 2.24) is 19.9 Å². The summed E-state index contributed by atoms with van der Waals surface area (Å²) in [5.74, 6) is -3.80. The first-order valence-corrected chi connectivity index (χ1v) is 21.6. The first kappa shape index (κ1) is 41.7. The molecule has 3 aliphatic heterocycles. The van der Waals surface area contributed by atoms with Crippen LogP contribution in [0, 0.1) is 24.7 Å². The van der Waals surface area contributed by atoms with E-state index in [4.69, 9.17) is 9.47 Å². The molecule has 3 amide bonds. The molecule has 2 N–H and O–H groups in total. The van der Waals surface area contributed by atoms with Crippen molar-refractivity contribution in [3.63, 3.8) is 0 Å². The summed E-state index contributed by atoms with van der Waals surface area (Å²) in [6.45, 7) is 7.20. The van der Waals surface area contributed by atoms with E-state index in [0.717, 1.165) is 12.8 Å². The predicted octanol–water partition coefficient (Wildman–Crippen LogP) is 5.71. The third-order valence-corrected chi connectivity index (χ3v) is 14.4. The van der Waals surface area contributed by atoms with Crippen molar-refractivity contribution in [2.75, 3.05) is 13.2 Å². The van der Waals surface area contributed by atoms with Crippen LogP contribution in [-0.4, -0.2) is 83.4 Å². The number of benzene rings is 1. The first-order chi connectivity index (χ1) is 27.2. The minimum atomic E-state index is -4.90. The van der Waals surface area contributed by atoms with Crippen LogP contribution in [0.5, 0.6) is 11.5 Å². The van der Waals surface area contributed by atoms with Gasteiger partial charge in [-0.05, 0) is 89.3 Å². The number of rotatable bonds is 8. The van der Waals surface area contributed by atoms with Crippen LogP contribution < -0.4 is 19.5 Å². The third-order valence-electron chi connectivity index (χ3n) is 12.3. The lowest BCUT2D eigenvalue weighted by atomic mass is 9.87. The molecule has 5 atom stereocenters. The molecule has 2 saturated carbocycles. The Bertz CT molecular complexity index is 2140. The number of ether oxygens (including phenoxy) is 3. The predicted molar refractivity (Wildman–Crippen MR) is 205 cm³/mol. The fourth-order valence-corrected chi connectivity index (χ4v) is 9.83. The maximum atomic E-state index is 14.8. The number of carbonyl (C=O) groups excluding carboxylic acids is 4. The molecule has 316 valence electrons. The van der Waals surface area contributed by atoms with E-state index in [-0.39, 0.29) is 44.8 Å². The van der Waals surface area contributed by atoms with Gasteiger partial charge in [-0.3, -0.25) is 23.9 Å². The number of aromatic nitrogens is 1. The van der Waals surface area contributed by atoms with Gasteiger partial charge in [0.05, 0.1) is 35.5 Å². The number of amides is 3. The van der Waals surface area contributed by atoms with Gasteiger partial charge in [0, 0.05) is 29.2 Å². The molecule has 7 rings (SSSR count). The van der Waals surface area contributed by atoms with Crippen molar-refractivity contribution in [2.45, 2.75) is 133 Å². The maximum absolute atomic E-state index is 14.8. The summed E-state index contributed by atoms with van der Waals surface area (Å²) in [5, 5.41) is 3.30. The lowest BCUT2D eigenvalue weighted by Crippen LogP contribution is -2.57. The van der Waals surface area contributed by atoms with Gasteiger partial charge in [-0.25, -0.2) is 13.4 Å². The second-order valence-corrected chi connectivity index (χ2v) is 19.6. The number of fused-ring (bicyclic) bond motifs is 5. The molecule has 0 bridgehead atoms. The monoisotopic (exact) mass is 832 g/mol. The Hall–Kier alpha value is -4.41. The average Bonchev–Trinajstić information content (AvgIpc) is 4.04. The van der Waals surface area contributed by atoms with Crippen molar-refractivity contribution in [3.8, 4) is 11.5 Å². The highest BCUT2D eigenvalue weighted by Gasteiger charge is 2.64. The molecule has 0 unspecified atom stereocenters. The number of pyridine rings is 1. The second kappa shape index (κ2) is 15.3. The van der Waals surface area contributed by atoms with Crippen LogP contribution in [0.15, 0.2) is 30.4 Å². The Balaban J connectivity index is 1.23. The van der Waals surface area contributed by atoms with Crippen LogP contribution >= 0.6 is 0 Å². The fraction of sp³-hybridized carbons (Fsp3) is 0.634. The van der Waals surface area contributed by atoms with Crippen molar-refractivity contribution >= 4 is 44.6 Å². The Morgan fingerprint density at radius 2 is 1.88 bits per heavy atom. The second-order valence-electron chi connectivity index (χ2n) is 17.4. The van der Waals surface area contributed by atoms with Gasteiger partial charge < -0.3 is 24.4 Å². The number of carbonyl (C=O) groups is 4. The quantitative estimate of drug-likeness (QED) is 0.248. The summed E-state index contributed by atoms with van der Waals surface area (Å²) in [5.41, 5.74) is -1.21. The van der Waals surface area contributed by atoms with E-state index in [1.54, 1.807) is 13.8 Å². The van der Waals surface area contributed by atoms with E-state index in [0.29, 0.717) is 66.4 Å². The normalized spacial score (nSPS) is 28.9. The zero-order valence-corrected chi connectivity index (χ0v) is 34.0. The summed E-state index contributed by atoms with van der Waals surface area (Å²) in [6.07, 6.45) is 3.38. The Morgan fingerprint density at radius 1 is 1.12 bits per heavy atom. The number of esters is 1. The van der Waals surface area contributed by atoms with Crippen LogP contribution in [-0.2, 0) is 40.4 Å². The van der Waals surface area contributed by atoms with E-state index in [1.807, 2.05) is 26.0 Å². The SMILES string of the molecule is Cc1nc2ccc(OC(F)(F)F)cc2c2c1O[C@]1(CC2)C[C@H]2C(=O)N[C@]3(C(=O)NS(=O)(=O)C4(C)CC4)C[C@H]3/C=C\CCCCC[C@H](CC(=O)OCC(C)C)C(=O)N2C1. The van der Waals surface area contributed by atoms with Crippen LogP contribution in [0.25, 0.3) is 10.9 Å². The Labute approximate surface area is 335 Å². The molecule has 1 aromatic carbocycles. The van der Waals surface area contributed by atoms with Crippen LogP contribution in [0.1, 0.15) is 103 Å². The van der Waals surface area contributed by atoms with Gasteiger partial charge in [0.25, 0.3) is 5.91 Å². The van der Waals surface area contributed by atoms with Gasteiger partial charge in [-0.15, -0.1) is 13.2 Å². The van der Waals surface area contributed by atoms with Gasteiger partial charge in [0.15, 0.2) is 0 Å². The Kier molecular flexibility index (Phi) is 11.0. The Morgan fingerprint density at radius 3 is 2.59 bits per heavy atom. The number of allylic oxidation sites excluding steroid dienone is 1. The van der Waals surface area contributed by atoms with Gasteiger partial charge in [-0.1, -0.05) is 38.8 Å². The molecular formula is C41H51F3N4O9S. The maximum Gasteiger partial charge on any atom is 0.573 e. The van der Waals surface area contributed by atoms with Gasteiger partial charge >= 0.3 is 12.3 Å². The van der Waals surface area contributed by atoms with E-state index in [1.165, 1.54) is 23.1 Å². The minimum absolute atomic E-state index is 0.0161. The van der Waals surface area contributed by atoms with Gasteiger partial charge in [-0.2, -0.15) is 0 Å². The first-order valence-electron chi connectivity index (χ1n) is 20.1. The summed E-state index contributed by atoms with van der Waals surface area (Å²) in [7, 11) is -4.04. The van der Waals surface area contributed by atoms with Crippen LogP contribution in [0.3, 0.4) is 0 Å². The molecule has 13 nitrogen and oxygen atoms in total. The van der Waals surface area contributed by atoms with Crippen molar-refractivity contribution < 1.29 is 55.0 Å². The number of hydrogen-bond donors (Lipinski definition) is 2. The molecule has 0 radical (unpaired) electrons. The van der Waals surface area contributed by atoms with Crippen molar-refractivity contribution in [3.05, 3.63) is 41.6 Å². The molecule has 58 heavy (non-hydrogen) atoms. The minimum Gasteiger partial charge on any atom is -0.483 e. The number of hydrogen-bond acceptors (Lipinski definition) is 10. The van der Waals surface area contributed by atoms with E-state index in [2.05, 4.69) is 19.8 Å². The van der Waals surface area contributed by atoms with Crippen LogP contribution in [0.2, 0.25) is 0 Å². The topological polar surface area (TPSA) is 170 Å². The zero-order chi connectivity index (χ0) is 41.8. The standard InChI is InChI=1S/C41H51F3N4O9S/c1-24(2)22-55-33(49)18-26-10-8-6-5-7-9-11-27-20-40(27,37(52)47-58(53,54)38(4)16-17-38)46-35(50)32-21-39(23-48(32)36(26)51)15-14-29-30-19-28(56-41(42,43)44)12-13-31(30)45-25(3)34(29)57-39/h9,11-13,19,24,26-27,32H,5-8,10,14-18,20-23H2,1-4H3,(H,46,50)(H,47,52)/b11-9-/t26-,27-,32+,39-,40-/m1/s1. The highest BCUT2D eigenvalue weighted by molar-refractivity contribution is 7.91. The van der Waals surface area contributed by atoms with E-state index in [9.17, 15) is 40.8 Å². The van der Waals surface area contributed by atoms with E-state index >= 15 is 0 Å². The number of sulfonamides is 1. The van der Waals surface area contributed by atoms with Crippen molar-refractivity contribution in [2.24, 2.45) is 17.8 Å². The molecule has 5 aliphatic rings. The summed E-state index contributed by atoms with van der Waals surface area (Å²) >= 11 is 0. The number of halogens is 3. The van der Waals surface area contributed by atoms with Crippen LogP contribution in [0.4, 0.5) is 13.2 Å². The average molecular weight is 833 g/mol. The number of nitrogens with one attached hydrogen (secondary N) is 2. The molecule has 17 heteroatoms. The van der Waals surface area contributed by atoms with Gasteiger partial charge in [0.2, 0.25) is 21.8 Å². The lowest BCUT2D eigenvalue weighted by molar-refractivity contribution is -0.274. The molecule has 4 heterocycles. The largest absolute Gasteiger partial charge is 0.573 e. The number of nitrogens with zero attached hydrogens (tertiary/aromatic N) is 2. The molecule has 1 spiro atoms. The highest BCUT2D eigenvalue weighted by atomic mass is 32.2. The highest BCUT2D eigenvalue weighted by Crippen LogP contribution is 2.49. The molecule has 2 aliphatic carbocycles. The third kappa shape index (κ3) is 8.51. The summed E-state index contributed by atoms with van der Waals surface area (Å²) in [4.78, 5) is 62.4. The lowest BCUT2D eigenvalue weighted by Gasteiger charge is -2.36. The smallest absolute Gasteiger partial charge is 0.483 e. The van der Waals surface area contributed by atoms with Crippen molar-refractivity contribution in [1.29, 1.82) is 0 Å². The number of alkyl halides is 3. The van der Waals surface area contributed by atoms with E-state index < -0.39 is 79.6 Å². The fourth-order valence-electron chi connectivity index (χ4n) is 8.52. The molecular weight excluding hydrogens is 782 g/mol. The molecule has 1 saturated heterocycles.